The van der Waals surface area contributed by atoms with E-state index in [-0.39, 0.29) is 29.2 Å². The lowest BCUT2D eigenvalue weighted by atomic mass is 10.2. The van der Waals surface area contributed by atoms with Crippen LogP contribution in [0.1, 0.15) is 8.29 Å². The standard InChI is InChI=1S/C26H28N6O5S/c1-16(27-2)26(33)29-17-8-7-9-21(14-17)38(34,35)32-25-24(30-22-10-5-6-11-23(22)31-25)28-18-12-19(36-3)15-20(13-18)37-4/h5-16,27H,1-4H3,(H,28,30)(H,29,33)(H,31,32)/t16-/m0/s1/i2D. The summed E-state index contributed by atoms with van der Waals surface area (Å²) in [6.45, 7) is 1.61. The van der Waals surface area contributed by atoms with Crippen LogP contribution in [0.3, 0.4) is 0 Å². The summed E-state index contributed by atoms with van der Waals surface area (Å²) in [4.78, 5) is 21.3. The molecule has 0 unspecified atom stereocenters. The Bertz CT molecular complexity index is 1580. The number of carbonyl (C=O) groups is 1. The van der Waals surface area contributed by atoms with Crippen LogP contribution >= 0.6 is 0 Å². The van der Waals surface area contributed by atoms with Crippen molar-refractivity contribution in [2.24, 2.45) is 0 Å². The van der Waals surface area contributed by atoms with Gasteiger partial charge in [-0.05, 0) is 44.3 Å². The molecule has 0 saturated heterocycles. The Labute approximate surface area is 222 Å². The van der Waals surface area contributed by atoms with Crippen LogP contribution in [0.15, 0.2) is 71.6 Å². The van der Waals surface area contributed by atoms with E-state index in [9.17, 15) is 13.2 Å². The van der Waals surface area contributed by atoms with Gasteiger partial charge in [-0.1, -0.05) is 18.2 Å². The Morgan fingerprint density at radius 3 is 2.18 bits per heavy atom. The topological polar surface area (TPSA) is 144 Å². The van der Waals surface area contributed by atoms with Gasteiger partial charge in [-0.2, -0.15) is 0 Å². The Hall–Kier alpha value is -4.42. The minimum Gasteiger partial charge on any atom is -0.497 e. The lowest BCUT2D eigenvalue weighted by molar-refractivity contribution is -0.117. The van der Waals surface area contributed by atoms with Crippen molar-refractivity contribution in [2.45, 2.75) is 17.9 Å². The maximum atomic E-state index is 13.4. The zero-order valence-corrected chi connectivity index (χ0v) is 21.8. The van der Waals surface area contributed by atoms with Gasteiger partial charge < -0.3 is 25.4 Å². The second kappa shape index (κ2) is 11.3. The van der Waals surface area contributed by atoms with Crippen molar-refractivity contribution in [1.82, 2.24) is 15.3 Å². The Kier molecular flexibility index (Phi) is 7.52. The zero-order valence-electron chi connectivity index (χ0n) is 22.0. The maximum Gasteiger partial charge on any atom is 0.263 e. The molecule has 1 heterocycles. The first-order chi connectivity index (χ1) is 18.7. The maximum absolute atomic E-state index is 13.4. The van der Waals surface area contributed by atoms with Gasteiger partial charge in [0.25, 0.3) is 10.0 Å². The molecule has 11 nitrogen and oxygen atoms in total. The Balaban J connectivity index is 1.68. The number of fused-ring (bicyclic) bond motifs is 1. The van der Waals surface area contributed by atoms with Gasteiger partial charge in [0.15, 0.2) is 11.6 Å². The van der Waals surface area contributed by atoms with Crippen molar-refractivity contribution in [3.8, 4) is 11.5 Å². The van der Waals surface area contributed by atoms with E-state index in [2.05, 4.69) is 30.6 Å². The number of anilines is 4. The number of nitrogens with one attached hydrogen (secondary N) is 4. The highest BCUT2D eigenvalue weighted by Gasteiger charge is 2.20. The normalized spacial score (nSPS) is 12.3. The Morgan fingerprint density at radius 1 is 0.895 bits per heavy atom. The van der Waals surface area contributed by atoms with Crippen LogP contribution in [0.2, 0.25) is 0 Å². The minimum atomic E-state index is -4.15. The van der Waals surface area contributed by atoms with E-state index in [1.165, 1.54) is 32.4 Å². The first kappa shape index (κ1) is 25.2. The molecule has 1 aromatic heterocycles. The van der Waals surface area contributed by atoms with Crippen molar-refractivity contribution in [2.75, 3.05) is 36.6 Å². The Morgan fingerprint density at radius 2 is 1.55 bits per heavy atom. The molecule has 4 N–H and O–H groups in total. The molecule has 3 aromatic carbocycles. The fourth-order valence-corrected chi connectivity index (χ4v) is 4.50. The molecular weight excluding hydrogens is 508 g/mol. The number of sulfonamides is 1. The number of aromatic nitrogens is 2. The number of carbonyl (C=O) groups excluding carboxylic acids is 1. The van der Waals surface area contributed by atoms with Crippen molar-refractivity contribution < 1.29 is 24.1 Å². The van der Waals surface area contributed by atoms with Crippen LogP contribution in [-0.2, 0) is 14.8 Å². The van der Waals surface area contributed by atoms with E-state index in [0.29, 0.717) is 28.2 Å². The number of ether oxygens (including phenoxy) is 2. The molecule has 198 valence electrons. The molecule has 1 amide bonds. The first-order valence-electron chi connectivity index (χ1n) is 12.2. The number of nitrogens with zero attached hydrogens (tertiary/aromatic N) is 2. The predicted octanol–water partition coefficient (Wildman–Crippen LogP) is 3.74. The van der Waals surface area contributed by atoms with Gasteiger partial charge in [-0.3, -0.25) is 9.52 Å². The second-order valence-corrected chi connectivity index (χ2v) is 9.87. The second-order valence-electron chi connectivity index (χ2n) is 8.18. The van der Waals surface area contributed by atoms with Crippen molar-refractivity contribution in [3.05, 3.63) is 66.7 Å². The lowest BCUT2D eigenvalue weighted by Gasteiger charge is -2.16. The van der Waals surface area contributed by atoms with E-state index in [4.69, 9.17) is 10.8 Å². The third kappa shape index (κ3) is 6.10. The van der Waals surface area contributed by atoms with Crippen molar-refractivity contribution in [3.63, 3.8) is 0 Å². The summed E-state index contributed by atoms with van der Waals surface area (Å²) >= 11 is 0. The predicted molar refractivity (Wildman–Crippen MR) is 147 cm³/mol. The third-order valence-corrected chi connectivity index (χ3v) is 6.86. The number of hydrogen-bond donors (Lipinski definition) is 4. The van der Waals surface area contributed by atoms with Gasteiger partial charge in [-0.25, -0.2) is 18.4 Å². The molecule has 4 aromatic rings. The number of amides is 1. The highest BCUT2D eigenvalue weighted by Crippen LogP contribution is 2.31. The van der Waals surface area contributed by atoms with E-state index in [1.807, 2.05) is 0 Å². The quantitative estimate of drug-likeness (QED) is 0.238. The molecule has 0 aliphatic rings. The fraction of sp³-hybridized carbons (Fsp3) is 0.192. The molecule has 0 radical (unpaired) electrons. The average Bonchev–Trinajstić information content (AvgIpc) is 2.93. The summed E-state index contributed by atoms with van der Waals surface area (Å²) in [5, 5.41) is 8.45. The summed E-state index contributed by atoms with van der Waals surface area (Å²) in [6, 6.07) is 17.4. The number of likely N-dealkylation sites (N-methyl/N-ethyl adjacent to an activating group) is 1. The molecule has 0 aliphatic carbocycles. The van der Waals surface area contributed by atoms with Gasteiger partial charge in [0, 0.05) is 30.9 Å². The largest absolute Gasteiger partial charge is 0.497 e. The molecule has 0 saturated carbocycles. The van der Waals surface area contributed by atoms with Gasteiger partial charge >= 0.3 is 0 Å². The SMILES string of the molecule is [2H]CN[C@@H](C)C(=O)Nc1cccc(S(=O)(=O)Nc2nc3ccccc3nc2Nc2cc(OC)cc(OC)c2)c1. The number of hydrogen-bond acceptors (Lipinski definition) is 9. The molecule has 4 rings (SSSR count). The molecule has 0 bridgehead atoms. The van der Waals surface area contributed by atoms with Gasteiger partial charge in [0.1, 0.15) is 11.5 Å². The molecule has 1 atom stereocenters. The van der Waals surface area contributed by atoms with Crippen LogP contribution in [0.4, 0.5) is 23.0 Å². The summed E-state index contributed by atoms with van der Waals surface area (Å²) in [5.41, 5.74) is 1.86. The van der Waals surface area contributed by atoms with Crippen LogP contribution in [0.5, 0.6) is 11.5 Å². The highest BCUT2D eigenvalue weighted by molar-refractivity contribution is 7.92. The molecule has 12 heteroatoms. The van der Waals surface area contributed by atoms with Gasteiger partial charge in [0.2, 0.25) is 5.91 Å². The number of methoxy groups -OCH3 is 2. The van der Waals surface area contributed by atoms with E-state index < -0.39 is 22.0 Å². The number of benzene rings is 3. The minimum absolute atomic E-state index is 0.0295. The van der Waals surface area contributed by atoms with E-state index in [1.54, 1.807) is 55.5 Å². The molecule has 0 aliphatic heterocycles. The van der Waals surface area contributed by atoms with Crippen LogP contribution in [0.25, 0.3) is 11.0 Å². The number of rotatable bonds is 10. The molecular formula is C26H28N6O5S. The summed E-state index contributed by atoms with van der Waals surface area (Å²) in [7, 11) is -1.23. The number of para-hydroxylation sites is 2. The monoisotopic (exact) mass is 537 g/mol. The summed E-state index contributed by atoms with van der Waals surface area (Å²) in [6.07, 6.45) is 0. The zero-order chi connectivity index (χ0) is 28.0. The van der Waals surface area contributed by atoms with Crippen LogP contribution in [0, 0.1) is 0 Å². The van der Waals surface area contributed by atoms with Gasteiger partial charge in [0.05, 0.1) is 36.2 Å². The third-order valence-electron chi connectivity index (χ3n) is 5.53. The average molecular weight is 538 g/mol. The first-order valence-corrected chi connectivity index (χ1v) is 12.9. The summed E-state index contributed by atoms with van der Waals surface area (Å²) < 4.78 is 47.2. The lowest BCUT2D eigenvalue weighted by Crippen LogP contribution is -2.35. The van der Waals surface area contributed by atoms with Crippen molar-refractivity contribution >= 4 is 50.0 Å². The molecule has 0 fully saturated rings. The molecule has 0 spiro atoms. The van der Waals surface area contributed by atoms with E-state index >= 15 is 0 Å². The van der Waals surface area contributed by atoms with Gasteiger partial charge in [-0.15, -0.1) is 0 Å². The van der Waals surface area contributed by atoms with Crippen LogP contribution in [-0.4, -0.2) is 51.6 Å². The summed E-state index contributed by atoms with van der Waals surface area (Å²) in [5.74, 6) is 0.786. The highest BCUT2D eigenvalue weighted by atomic mass is 32.2. The van der Waals surface area contributed by atoms with Crippen LogP contribution < -0.4 is 30.1 Å². The smallest absolute Gasteiger partial charge is 0.263 e. The van der Waals surface area contributed by atoms with Crippen molar-refractivity contribution in [1.29, 1.82) is 0 Å². The van der Waals surface area contributed by atoms with E-state index in [0.717, 1.165) is 0 Å². The molecule has 38 heavy (non-hydrogen) atoms. The fourth-order valence-electron chi connectivity index (χ4n) is 3.45.